The van der Waals surface area contributed by atoms with Crippen LogP contribution in [0.3, 0.4) is 0 Å². The highest BCUT2D eigenvalue weighted by Gasteiger charge is 2.58. The largest absolute Gasteiger partial charge is 0.463 e. The molecule has 0 radical (unpaired) electrons. The molecular formula is C23H26N2O3S. The highest BCUT2D eigenvalue weighted by Crippen LogP contribution is 2.55. The Balaban J connectivity index is 1.76. The van der Waals surface area contributed by atoms with Gasteiger partial charge in [0, 0.05) is 29.9 Å². The lowest BCUT2D eigenvalue weighted by atomic mass is 9.76. The van der Waals surface area contributed by atoms with Crippen molar-refractivity contribution in [2.24, 2.45) is 0 Å². The van der Waals surface area contributed by atoms with Gasteiger partial charge in [0.2, 0.25) is 5.72 Å². The fourth-order valence-electron chi connectivity index (χ4n) is 4.51. The Morgan fingerprint density at radius 1 is 1.17 bits per heavy atom. The Kier molecular flexibility index (Phi) is 5.07. The average molecular weight is 411 g/mol. The summed E-state index contributed by atoms with van der Waals surface area (Å²) in [7, 11) is 0. The van der Waals surface area contributed by atoms with E-state index in [1.54, 1.807) is 12.1 Å². The second-order valence-corrected chi connectivity index (χ2v) is 9.09. The van der Waals surface area contributed by atoms with E-state index < -0.39 is 5.72 Å². The molecule has 152 valence electrons. The van der Waals surface area contributed by atoms with Crippen LogP contribution in [-0.2, 0) is 5.41 Å². The topological polar surface area (TPSA) is 55.6 Å². The van der Waals surface area contributed by atoms with Gasteiger partial charge in [-0.25, -0.2) is 0 Å². The number of nitro groups is 1. The average Bonchev–Trinajstić information content (AvgIpc) is 2.89. The minimum atomic E-state index is -0.654. The van der Waals surface area contributed by atoms with Gasteiger partial charge in [0.05, 0.1) is 10.3 Å². The summed E-state index contributed by atoms with van der Waals surface area (Å²) in [6.45, 7) is 5.33. The van der Waals surface area contributed by atoms with Crippen molar-refractivity contribution in [2.75, 3.05) is 23.5 Å². The van der Waals surface area contributed by atoms with Crippen LogP contribution in [-0.4, -0.2) is 29.2 Å². The maximum absolute atomic E-state index is 11.1. The number of fused-ring (bicyclic) bond motifs is 2. The minimum absolute atomic E-state index is 0.0795. The van der Waals surface area contributed by atoms with Crippen LogP contribution in [0.25, 0.3) is 6.08 Å². The Morgan fingerprint density at radius 2 is 1.97 bits per heavy atom. The molecule has 29 heavy (non-hydrogen) atoms. The Labute approximate surface area is 175 Å². The quantitative estimate of drug-likeness (QED) is 0.350. The van der Waals surface area contributed by atoms with E-state index >= 15 is 0 Å². The summed E-state index contributed by atoms with van der Waals surface area (Å²) < 4.78 is 6.69. The first-order valence-electron chi connectivity index (χ1n) is 9.93. The summed E-state index contributed by atoms with van der Waals surface area (Å²) in [4.78, 5) is 13.2. The summed E-state index contributed by atoms with van der Waals surface area (Å²) >= 11 is 1.87. The Hall–Kier alpha value is -2.47. The summed E-state index contributed by atoms with van der Waals surface area (Å²) in [5.41, 5.74) is 2.37. The highest BCUT2D eigenvalue weighted by molar-refractivity contribution is 7.98. The fourth-order valence-corrected chi connectivity index (χ4v) is 5.00. The molecule has 0 amide bonds. The lowest BCUT2D eigenvalue weighted by Crippen LogP contribution is -2.59. The van der Waals surface area contributed by atoms with Crippen molar-refractivity contribution >= 4 is 29.2 Å². The van der Waals surface area contributed by atoms with Gasteiger partial charge in [-0.3, -0.25) is 10.1 Å². The zero-order valence-electron chi connectivity index (χ0n) is 17.1. The third-order valence-corrected chi connectivity index (χ3v) is 6.80. The zero-order valence-corrected chi connectivity index (χ0v) is 17.9. The molecule has 4 rings (SSSR count). The number of thioether (sulfide) groups is 1. The molecule has 1 spiro atoms. The van der Waals surface area contributed by atoms with Crippen LogP contribution in [0.15, 0.2) is 48.5 Å². The van der Waals surface area contributed by atoms with Crippen molar-refractivity contribution < 1.29 is 9.66 Å². The zero-order chi connectivity index (χ0) is 20.6. The van der Waals surface area contributed by atoms with E-state index in [0.29, 0.717) is 5.75 Å². The van der Waals surface area contributed by atoms with Crippen molar-refractivity contribution in [1.82, 2.24) is 0 Å². The standard InChI is InChI=1S/C23H26N2O3S/c1-22(2)19-8-4-5-9-20(19)24(14-6-7-15-29-3)23(22)13-12-17-16-18(25(26)27)10-11-21(17)28-23/h4-5,8-13,16H,6-7,14-15H2,1-3H3. The molecule has 0 saturated heterocycles. The van der Waals surface area contributed by atoms with Crippen LogP contribution in [0.5, 0.6) is 5.75 Å². The van der Waals surface area contributed by atoms with Gasteiger partial charge in [0.1, 0.15) is 5.75 Å². The molecule has 0 saturated carbocycles. The fraction of sp³-hybridized carbons (Fsp3) is 0.391. The second-order valence-electron chi connectivity index (χ2n) is 8.10. The number of unbranched alkanes of at least 4 members (excludes halogenated alkanes) is 1. The summed E-state index contributed by atoms with van der Waals surface area (Å²) in [6.07, 6.45) is 8.45. The molecule has 1 unspecified atom stereocenters. The van der Waals surface area contributed by atoms with Crippen LogP contribution >= 0.6 is 11.8 Å². The molecule has 6 heteroatoms. The van der Waals surface area contributed by atoms with E-state index in [0.717, 1.165) is 30.7 Å². The lowest BCUT2D eigenvalue weighted by Gasteiger charge is -2.47. The summed E-state index contributed by atoms with van der Waals surface area (Å²) in [5.74, 6) is 1.84. The van der Waals surface area contributed by atoms with Crippen molar-refractivity contribution in [3.8, 4) is 5.75 Å². The van der Waals surface area contributed by atoms with E-state index in [1.807, 2.05) is 17.8 Å². The molecule has 2 aliphatic rings. The van der Waals surface area contributed by atoms with Gasteiger partial charge in [-0.2, -0.15) is 11.8 Å². The molecule has 1 atom stereocenters. The third kappa shape index (κ3) is 3.10. The van der Waals surface area contributed by atoms with Gasteiger partial charge in [0.15, 0.2) is 0 Å². The predicted octanol–water partition coefficient (Wildman–Crippen LogP) is 5.64. The number of ether oxygens (including phenoxy) is 1. The van der Waals surface area contributed by atoms with Gasteiger partial charge >= 0.3 is 0 Å². The van der Waals surface area contributed by atoms with Gasteiger partial charge in [0.25, 0.3) is 5.69 Å². The molecular weight excluding hydrogens is 384 g/mol. The first-order valence-corrected chi connectivity index (χ1v) is 11.3. The number of nitro benzene ring substituents is 1. The van der Waals surface area contributed by atoms with E-state index in [4.69, 9.17) is 4.74 Å². The number of hydrogen-bond donors (Lipinski definition) is 0. The maximum Gasteiger partial charge on any atom is 0.270 e. The molecule has 2 heterocycles. The first kappa shape index (κ1) is 19.8. The van der Waals surface area contributed by atoms with Gasteiger partial charge in [-0.1, -0.05) is 18.2 Å². The molecule has 2 aliphatic heterocycles. The number of rotatable bonds is 6. The lowest BCUT2D eigenvalue weighted by molar-refractivity contribution is -0.384. The number of anilines is 1. The minimum Gasteiger partial charge on any atom is -0.463 e. The number of nitrogens with zero attached hydrogens (tertiary/aromatic N) is 2. The molecule has 2 aromatic rings. The van der Waals surface area contributed by atoms with Crippen LogP contribution in [0.2, 0.25) is 0 Å². The Morgan fingerprint density at radius 3 is 2.72 bits per heavy atom. The van der Waals surface area contributed by atoms with Crippen LogP contribution in [0.4, 0.5) is 11.4 Å². The number of hydrogen-bond acceptors (Lipinski definition) is 5. The van der Waals surface area contributed by atoms with E-state index in [2.05, 4.69) is 55.3 Å². The molecule has 0 aliphatic carbocycles. The SMILES string of the molecule is CSCCCCN1c2ccccc2C(C)(C)C12C=Cc1cc([N+](=O)[O-])ccc1O2. The van der Waals surface area contributed by atoms with Crippen LogP contribution < -0.4 is 9.64 Å². The van der Waals surface area contributed by atoms with Crippen LogP contribution in [0.1, 0.15) is 37.8 Å². The number of para-hydroxylation sites is 1. The second kappa shape index (κ2) is 7.41. The molecule has 5 nitrogen and oxygen atoms in total. The third-order valence-electron chi connectivity index (χ3n) is 6.10. The maximum atomic E-state index is 11.1. The van der Waals surface area contributed by atoms with E-state index in [-0.39, 0.29) is 16.0 Å². The van der Waals surface area contributed by atoms with Gasteiger partial charge in [-0.05, 0) is 68.5 Å². The van der Waals surface area contributed by atoms with Gasteiger partial charge < -0.3 is 9.64 Å². The van der Waals surface area contributed by atoms with E-state index in [9.17, 15) is 10.1 Å². The molecule has 2 aromatic carbocycles. The normalized spacial score (nSPS) is 21.0. The van der Waals surface area contributed by atoms with Crippen molar-refractivity contribution in [3.63, 3.8) is 0 Å². The van der Waals surface area contributed by atoms with Crippen molar-refractivity contribution in [3.05, 3.63) is 69.8 Å². The summed E-state index contributed by atoms with van der Waals surface area (Å²) in [5, 5.41) is 11.1. The summed E-state index contributed by atoms with van der Waals surface area (Å²) in [6, 6.07) is 13.3. The first-order chi connectivity index (χ1) is 13.9. The van der Waals surface area contributed by atoms with Crippen molar-refractivity contribution in [1.29, 1.82) is 0 Å². The molecule has 0 fully saturated rings. The number of non-ortho nitro benzene ring substituents is 1. The van der Waals surface area contributed by atoms with E-state index in [1.165, 1.54) is 17.3 Å². The number of benzene rings is 2. The smallest absolute Gasteiger partial charge is 0.270 e. The van der Waals surface area contributed by atoms with Crippen molar-refractivity contribution in [2.45, 2.75) is 37.8 Å². The molecule has 0 bridgehead atoms. The van der Waals surface area contributed by atoms with Crippen LogP contribution in [0, 0.1) is 10.1 Å². The highest BCUT2D eigenvalue weighted by atomic mass is 32.2. The predicted molar refractivity (Wildman–Crippen MR) is 120 cm³/mol. The Bertz CT molecular complexity index is 972. The molecule has 0 N–H and O–H groups in total. The van der Waals surface area contributed by atoms with Gasteiger partial charge in [-0.15, -0.1) is 0 Å². The molecule has 0 aromatic heterocycles. The monoisotopic (exact) mass is 410 g/mol.